The van der Waals surface area contributed by atoms with Gasteiger partial charge in [0.1, 0.15) is 12.4 Å². The molecule has 3 aromatic carbocycles. The summed E-state index contributed by atoms with van der Waals surface area (Å²) in [5.41, 5.74) is 3.03. The van der Waals surface area contributed by atoms with Crippen LogP contribution in [-0.2, 0) is 16.7 Å². The number of carbonyl (C=O) groups is 1. The van der Waals surface area contributed by atoms with Gasteiger partial charge in [-0.2, -0.15) is 0 Å². The van der Waals surface area contributed by atoms with Crippen molar-refractivity contribution < 1.29 is 14.3 Å². The molecule has 134 valence electrons. The molecule has 0 amide bonds. The SMILES string of the molecule is BrCc1ccc(OCc2ccccc2)cc1.COC(=O)c1ccccc1. The molecule has 0 saturated carbocycles. The Hall–Kier alpha value is -2.59. The third-order valence-corrected chi connectivity index (χ3v) is 4.17. The van der Waals surface area contributed by atoms with Gasteiger partial charge in [0.25, 0.3) is 0 Å². The van der Waals surface area contributed by atoms with E-state index in [0.717, 1.165) is 11.1 Å². The van der Waals surface area contributed by atoms with Crippen molar-refractivity contribution in [3.63, 3.8) is 0 Å². The summed E-state index contributed by atoms with van der Waals surface area (Å²) in [4.78, 5) is 10.8. The van der Waals surface area contributed by atoms with Gasteiger partial charge in [-0.15, -0.1) is 0 Å². The van der Waals surface area contributed by atoms with E-state index in [-0.39, 0.29) is 5.97 Å². The molecule has 0 atom stereocenters. The number of alkyl halides is 1. The van der Waals surface area contributed by atoms with Crippen LogP contribution in [0.2, 0.25) is 0 Å². The van der Waals surface area contributed by atoms with Crippen LogP contribution < -0.4 is 4.74 Å². The molecule has 4 heteroatoms. The summed E-state index contributed by atoms with van der Waals surface area (Å²) >= 11 is 3.42. The maximum absolute atomic E-state index is 10.8. The number of hydrogen-bond donors (Lipinski definition) is 0. The molecule has 0 unspecified atom stereocenters. The van der Waals surface area contributed by atoms with E-state index in [1.54, 1.807) is 24.3 Å². The van der Waals surface area contributed by atoms with Crippen LogP contribution in [0, 0.1) is 0 Å². The van der Waals surface area contributed by atoms with Crippen LogP contribution in [0.5, 0.6) is 5.75 Å². The molecule has 26 heavy (non-hydrogen) atoms. The summed E-state index contributed by atoms with van der Waals surface area (Å²) in [6, 6.07) is 27.2. The maximum atomic E-state index is 10.8. The lowest BCUT2D eigenvalue weighted by Crippen LogP contribution is -1.99. The molecule has 0 aliphatic heterocycles. The molecular weight excluding hydrogens is 392 g/mol. The van der Waals surface area contributed by atoms with Crippen molar-refractivity contribution in [2.45, 2.75) is 11.9 Å². The minimum atomic E-state index is -0.291. The molecule has 0 fully saturated rings. The van der Waals surface area contributed by atoms with Gasteiger partial charge in [0.15, 0.2) is 0 Å². The summed E-state index contributed by atoms with van der Waals surface area (Å²) in [5, 5.41) is 0.881. The van der Waals surface area contributed by atoms with Crippen molar-refractivity contribution in [3.05, 3.63) is 102 Å². The number of rotatable bonds is 5. The van der Waals surface area contributed by atoms with Crippen LogP contribution in [0.25, 0.3) is 0 Å². The maximum Gasteiger partial charge on any atom is 0.337 e. The number of halogens is 1. The Labute approximate surface area is 162 Å². The summed E-state index contributed by atoms with van der Waals surface area (Å²) in [6.45, 7) is 0.620. The minimum Gasteiger partial charge on any atom is -0.489 e. The molecule has 0 heterocycles. The first kappa shape index (κ1) is 19.7. The number of esters is 1. The van der Waals surface area contributed by atoms with Crippen molar-refractivity contribution in [1.29, 1.82) is 0 Å². The zero-order valence-corrected chi connectivity index (χ0v) is 16.2. The molecule has 3 rings (SSSR count). The largest absolute Gasteiger partial charge is 0.489 e. The van der Waals surface area contributed by atoms with E-state index in [4.69, 9.17) is 4.74 Å². The van der Waals surface area contributed by atoms with Gasteiger partial charge in [-0.1, -0.05) is 76.6 Å². The van der Waals surface area contributed by atoms with E-state index in [9.17, 15) is 4.79 Å². The molecule has 0 bridgehead atoms. The topological polar surface area (TPSA) is 35.5 Å². The lowest BCUT2D eigenvalue weighted by molar-refractivity contribution is 0.0600. The Morgan fingerprint density at radius 1 is 0.808 bits per heavy atom. The monoisotopic (exact) mass is 412 g/mol. The van der Waals surface area contributed by atoms with E-state index >= 15 is 0 Å². The zero-order valence-electron chi connectivity index (χ0n) is 14.6. The average Bonchev–Trinajstić information content (AvgIpc) is 2.74. The molecule has 3 nitrogen and oxygen atoms in total. The van der Waals surface area contributed by atoms with E-state index in [2.05, 4.69) is 44.9 Å². The van der Waals surface area contributed by atoms with Gasteiger partial charge in [-0.05, 0) is 35.4 Å². The quantitative estimate of drug-likeness (QED) is 0.402. The molecule has 3 aromatic rings. The highest BCUT2D eigenvalue weighted by molar-refractivity contribution is 9.08. The molecule has 0 spiro atoms. The van der Waals surface area contributed by atoms with E-state index in [1.165, 1.54) is 18.2 Å². The highest BCUT2D eigenvalue weighted by Gasteiger charge is 2.00. The van der Waals surface area contributed by atoms with Crippen molar-refractivity contribution in [3.8, 4) is 5.75 Å². The minimum absolute atomic E-state index is 0.291. The van der Waals surface area contributed by atoms with Gasteiger partial charge in [-0.25, -0.2) is 4.79 Å². The summed E-state index contributed by atoms with van der Waals surface area (Å²) in [6.07, 6.45) is 0. The van der Waals surface area contributed by atoms with Crippen LogP contribution in [-0.4, -0.2) is 13.1 Å². The second-order valence-electron chi connectivity index (χ2n) is 5.41. The fourth-order valence-corrected chi connectivity index (χ4v) is 2.48. The molecule has 0 N–H and O–H groups in total. The van der Waals surface area contributed by atoms with E-state index in [0.29, 0.717) is 12.2 Å². The van der Waals surface area contributed by atoms with Crippen molar-refractivity contribution >= 4 is 21.9 Å². The van der Waals surface area contributed by atoms with Crippen LogP contribution >= 0.6 is 15.9 Å². The molecule has 0 saturated heterocycles. The second-order valence-corrected chi connectivity index (χ2v) is 5.97. The van der Waals surface area contributed by atoms with Crippen molar-refractivity contribution in [1.82, 2.24) is 0 Å². The van der Waals surface area contributed by atoms with Gasteiger partial charge in [0.2, 0.25) is 0 Å². The number of benzene rings is 3. The number of hydrogen-bond acceptors (Lipinski definition) is 3. The molecular formula is C22H21BrO3. The van der Waals surface area contributed by atoms with Gasteiger partial charge < -0.3 is 9.47 Å². The third-order valence-electron chi connectivity index (χ3n) is 3.52. The number of ether oxygens (including phenoxy) is 2. The first-order valence-electron chi connectivity index (χ1n) is 8.18. The third kappa shape index (κ3) is 6.73. The van der Waals surface area contributed by atoms with Gasteiger partial charge in [0, 0.05) is 5.33 Å². The van der Waals surface area contributed by atoms with Crippen LogP contribution in [0.1, 0.15) is 21.5 Å². The standard InChI is InChI=1S/C14H13BrO.C8H8O2/c15-10-12-6-8-14(9-7-12)16-11-13-4-2-1-3-5-13;1-10-8(9)7-5-3-2-4-6-7/h1-9H,10-11H2;2-6H,1H3. The summed E-state index contributed by atoms with van der Waals surface area (Å²) in [5.74, 6) is 0.620. The average molecular weight is 413 g/mol. The highest BCUT2D eigenvalue weighted by atomic mass is 79.9. The van der Waals surface area contributed by atoms with Gasteiger partial charge >= 0.3 is 5.97 Å². The fraction of sp³-hybridized carbons (Fsp3) is 0.136. The van der Waals surface area contributed by atoms with Crippen LogP contribution in [0.3, 0.4) is 0 Å². The smallest absolute Gasteiger partial charge is 0.337 e. The lowest BCUT2D eigenvalue weighted by atomic mass is 10.2. The van der Waals surface area contributed by atoms with E-state index in [1.807, 2.05) is 36.4 Å². The van der Waals surface area contributed by atoms with Crippen LogP contribution in [0.15, 0.2) is 84.9 Å². The number of methoxy groups -OCH3 is 1. The lowest BCUT2D eigenvalue weighted by Gasteiger charge is -2.06. The van der Waals surface area contributed by atoms with Gasteiger partial charge in [-0.3, -0.25) is 0 Å². The Kier molecular flexibility index (Phi) is 8.43. The van der Waals surface area contributed by atoms with Crippen LogP contribution in [0.4, 0.5) is 0 Å². The van der Waals surface area contributed by atoms with Crippen molar-refractivity contribution in [2.75, 3.05) is 7.11 Å². The summed E-state index contributed by atoms with van der Waals surface area (Å²) in [7, 11) is 1.37. The molecule has 0 aliphatic carbocycles. The molecule has 0 radical (unpaired) electrons. The zero-order chi connectivity index (χ0) is 18.6. The molecule has 0 aromatic heterocycles. The number of carbonyl (C=O) groups excluding carboxylic acids is 1. The second kappa shape index (κ2) is 11.1. The Bertz CT molecular complexity index is 772. The first-order chi connectivity index (χ1) is 12.7. The van der Waals surface area contributed by atoms with E-state index < -0.39 is 0 Å². The fourth-order valence-electron chi connectivity index (χ4n) is 2.11. The normalized spacial score (nSPS) is 9.62. The molecule has 0 aliphatic rings. The van der Waals surface area contributed by atoms with Gasteiger partial charge in [0.05, 0.1) is 12.7 Å². The Balaban J connectivity index is 0.000000209. The first-order valence-corrected chi connectivity index (χ1v) is 9.30. The predicted molar refractivity (Wildman–Crippen MR) is 108 cm³/mol. The Morgan fingerprint density at radius 3 is 1.92 bits per heavy atom. The Morgan fingerprint density at radius 2 is 1.38 bits per heavy atom. The summed E-state index contributed by atoms with van der Waals surface area (Å²) < 4.78 is 10.2. The highest BCUT2D eigenvalue weighted by Crippen LogP contribution is 2.15. The van der Waals surface area contributed by atoms with Crippen molar-refractivity contribution in [2.24, 2.45) is 0 Å². The predicted octanol–water partition coefficient (Wildman–Crippen LogP) is 5.63.